The van der Waals surface area contributed by atoms with Gasteiger partial charge >= 0.3 is 5.97 Å². The van der Waals surface area contributed by atoms with Gasteiger partial charge in [-0.05, 0) is 19.8 Å². The summed E-state index contributed by atoms with van der Waals surface area (Å²) in [5, 5.41) is 77.2. The summed E-state index contributed by atoms with van der Waals surface area (Å²) in [5.41, 5.74) is 0. The highest BCUT2D eigenvalue weighted by atomic mass is 16.7. The van der Waals surface area contributed by atoms with Crippen LogP contribution in [0.4, 0.5) is 0 Å². The molecule has 10 atom stereocenters. The molecule has 0 spiro atoms. The van der Waals surface area contributed by atoms with Gasteiger partial charge in [0.25, 0.3) is 11.8 Å². The van der Waals surface area contributed by atoms with E-state index in [1.165, 1.54) is 11.8 Å². The fourth-order valence-electron chi connectivity index (χ4n) is 5.64. The molecule has 3 aliphatic rings. The zero-order valence-electron chi connectivity index (χ0n) is 30.4. The van der Waals surface area contributed by atoms with E-state index in [0.29, 0.717) is 24.3 Å². The fourth-order valence-corrected chi connectivity index (χ4v) is 5.64. The molecule has 0 aromatic heterocycles. The number of aliphatic hydroxyl groups excluding tert-OH is 7. The first-order valence-corrected chi connectivity index (χ1v) is 17.9. The number of carbonyl (C=O) groups excluding carboxylic acids is 6. The van der Waals surface area contributed by atoms with Crippen molar-refractivity contribution in [2.24, 2.45) is 0 Å². The van der Waals surface area contributed by atoms with Gasteiger partial charge < -0.3 is 75.5 Å². The number of hydroxylamine groups is 2. The first kappa shape index (κ1) is 45.9. The van der Waals surface area contributed by atoms with Crippen LogP contribution >= 0.6 is 0 Å². The van der Waals surface area contributed by atoms with Crippen LogP contribution in [0.2, 0.25) is 0 Å². The number of rotatable bonds is 22. The Morgan fingerprint density at radius 3 is 1.71 bits per heavy atom. The topological polar surface area (TPSA) is 333 Å². The molecule has 314 valence electrons. The van der Waals surface area contributed by atoms with Gasteiger partial charge in [0.15, 0.2) is 12.6 Å². The maximum absolute atomic E-state index is 12.8. The molecular weight excluding hydrogens is 742 g/mol. The van der Waals surface area contributed by atoms with Crippen molar-refractivity contribution < 1.29 is 88.3 Å². The summed E-state index contributed by atoms with van der Waals surface area (Å²) in [5.74, 6) is -3.65. The molecule has 0 bridgehead atoms. The maximum atomic E-state index is 12.8. The fraction of sp³-hybridized carbons (Fsp3) is 0.812. The summed E-state index contributed by atoms with van der Waals surface area (Å²) in [6.07, 6.45) is -12.7. The molecule has 0 aliphatic carbocycles. The zero-order chi connectivity index (χ0) is 40.7. The van der Waals surface area contributed by atoms with Gasteiger partial charge in [-0.15, -0.1) is 5.06 Å². The minimum absolute atomic E-state index is 0.0159. The molecule has 55 heavy (non-hydrogen) atoms. The second-order valence-corrected chi connectivity index (χ2v) is 13.2. The highest BCUT2D eigenvalue weighted by molar-refractivity contribution is 6.01. The average molecular weight is 796 g/mol. The van der Waals surface area contributed by atoms with Gasteiger partial charge in [-0.2, -0.15) is 0 Å². The first-order valence-electron chi connectivity index (χ1n) is 17.9. The minimum Gasteiger partial charge on any atom is -0.394 e. The number of hydrogen-bond donors (Lipinski definition) is 10. The normalized spacial score (nSPS) is 29.7. The number of imide groups is 1. The van der Waals surface area contributed by atoms with E-state index in [1.807, 2.05) is 0 Å². The molecule has 0 saturated carbocycles. The first-order chi connectivity index (χ1) is 26.1. The summed E-state index contributed by atoms with van der Waals surface area (Å²) < 4.78 is 21.3. The smallest absolute Gasteiger partial charge is 0.333 e. The van der Waals surface area contributed by atoms with E-state index in [0.717, 1.165) is 0 Å². The molecule has 3 aliphatic heterocycles. The second kappa shape index (κ2) is 22.9. The lowest BCUT2D eigenvalue weighted by molar-refractivity contribution is -0.300. The van der Waals surface area contributed by atoms with Crippen LogP contribution in [0.15, 0.2) is 0 Å². The Bertz CT molecular complexity index is 1280. The van der Waals surface area contributed by atoms with Crippen molar-refractivity contribution in [2.45, 2.75) is 107 Å². The summed E-state index contributed by atoms with van der Waals surface area (Å²) >= 11 is 0. The lowest BCUT2D eigenvalue weighted by Gasteiger charge is -2.39. The Hall–Kier alpha value is -3.46. The van der Waals surface area contributed by atoms with Crippen molar-refractivity contribution in [3.8, 4) is 0 Å². The molecule has 5 amide bonds. The molecule has 0 aromatic carbocycles. The van der Waals surface area contributed by atoms with Crippen molar-refractivity contribution >= 4 is 35.5 Å². The van der Waals surface area contributed by atoms with Crippen LogP contribution in [0.1, 0.15) is 45.4 Å². The van der Waals surface area contributed by atoms with E-state index in [1.54, 1.807) is 0 Å². The van der Waals surface area contributed by atoms with Gasteiger partial charge in [0, 0.05) is 38.9 Å². The molecule has 3 rings (SSSR count). The van der Waals surface area contributed by atoms with Crippen molar-refractivity contribution in [1.29, 1.82) is 0 Å². The standard InChI is InChI=1S/C32H53N5O18/c1-17-25(45)27(47)29(49)31(53-17)51-11-9-34-20(40)14-36(15-21(41)35-10-12-52-32-30(50)28(48)26(46)18(16-38)54-32)13-19(39)33-8-4-2-3-5-24(44)55-37-22(42)6-7-23(37)43/h17-18,25-32,38,45-50H,2-16H2,1H3,(H,33,39)(H,34,40)(H,35,41)/t17-,18+,25+,26+,27+,28-,29-,30-,31+,32+/m0/s1. The molecule has 3 heterocycles. The molecule has 3 saturated heterocycles. The number of nitrogens with zero attached hydrogens (tertiary/aromatic N) is 2. The van der Waals surface area contributed by atoms with Gasteiger partial charge in [0.2, 0.25) is 17.7 Å². The number of carbonyl (C=O) groups is 6. The molecule has 0 unspecified atom stereocenters. The van der Waals surface area contributed by atoms with Gasteiger partial charge in [-0.1, -0.05) is 6.42 Å². The third kappa shape index (κ3) is 14.5. The third-order valence-corrected chi connectivity index (χ3v) is 8.75. The molecule has 23 heteroatoms. The number of amides is 5. The van der Waals surface area contributed by atoms with Crippen LogP contribution < -0.4 is 16.0 Å². The number of unbranched alkanes of at least 4 members (excludes halogenated alkanes) is 2. The predicted octanol–water partition coefficient (Wildman–Crippen LogP) is -6.53. The van der Waals surface area contributed by atoms with Crippen LogP contribution in [0.25, 0.3) is 0 Å². The SMILES string of the molecule is C[C@@H]1O[C@@H](OCCNC(=O)CN(CC(=O)NCCCCCC(=O)ON2C(=O)CCC2=O)CC(=O)NCCO[C@@H]2O[C@H](CO)[C@@H](O)[C@H](O)[C@@H]2O)[C@@H](O)[C@H](O)[C@@H]1O. The van der Waals surface area contributed by atoms with E-state index in [9.17, 15) is 64.5 Å². The zero-order valence-corrected chi connectivity index (χ0v) is 30.4. The predicted molar refractivity (Wildman–Crippen MR) is 179 cm³/mol. The molecule has 10 N–H and O–H groups in total. The Morgan fingerprint density at radius 2 is 1.18 bits per heavy atom. The van der Waals surface area contributed by atoms with E-state index in [2.05, 4.69) is 16.0 Å². The second-order valence-electron chi connectivity index (χ2n) is 13.2. The van der Waals surface area contributed by atoms with E-state index in [-0.39, 0.29) is 58.7 Å². The minimum atomic E-state index is -1.65. The summed E-state index contributed by atoms with van der Waals surface area (Å²) in [6.45, 7) is -0.817. The quantitative estimate of drug-likeness (QED) is 0.0360. The molecule has 0 aromatic rings. The van der Waals surface area contributed by atoms with Crippen molar-refractivity contribution in [3.63, 3.8) is 0 Å². The van der Waals surface area contributed by atoms with Gasteiger partial charge in [-0.25, -0.2) is 4.79 Å². The molecule has 0 radical (unpaired) electrons. The van der Waals surface area contributed by atoms with E-state index >= 15 is 0 Å². The van der Waals surface area contributed by atoms with Crippen LogP contribution in [-0.2, 0) is 52.6 Å². The molecule has 23 nitrogen and oxygen atoms in total. The maximum Gasteiger partial charge on any atom is 0.333 e. The molecular formula is C32H53N5O18. The van der Waals surface area contributed by atoms with Crippen LogP contribution in [0.5, 0.6) is 0 Å². The number of nitrogens with one attached hydrogen (secondary N) is 3. The lowest BCUT2D eigenvalue weighted by Crippen LogP contribution is -2.59. The highest BCUT2D eigenvalue weighted by Gasteiger charge is 2.44. The van der Waals surface area contributed by atoms with Gasteiger partial charge in [0.05, 0.1) is 45.6 Å². The Kier molecular flexibility index (Phi) is 19.2. The van der Waals surface area contributed by atoms with Crippen LogP contribution in [-0.4, -0.2) is 202 Å². The molecule has 3 fully saturated rings. The van der Waals surface area contributed by atoms with Gasteiger partial charge in [0.1, 0.15) is 42.7 Å². The van der Waals surface area contributed by atoms with Crippen molar-refractivity contribution in [2.75, 3.05) is 59.1 Å². The third-order valence-electron chi connectivity index (χ3n) is 8.75. The number of hydrogen-bond acceptors (Lipinski definition) is 19. The monoisotopic (exact) mass is 795 g/mol. The van der Waals surface area contributed by atoms with Crippen molar-refractivity contribution in [3.05, 3.63) is 0 Å². The highest BCUT2D eigenvalue weighted by Crippen LogP contribution is 2.23. The Balaban J connectivity index is 1.42. The Labute approximate surface area is 315 Å². The van der Waals surface area contributed by atoms with Crippen LogP contribution in [0.3, 0.4) is 0 Å². The lowest BCUT2D eigenvalue weighted by atomic mass is 9.99. The van der Waals surface area contributed by atoms with Crippen LogP contribution in [0, 0.1) is 0 Å². The van der Waals surface area contributed by atoms with Crippen molar-refractivity contribution in [1.82, 2.24) is 25.9 Å². The van der Waals surface area contributed by atoms with Gasteiger partial charge in [-0.3, -0.25) is 28.9 Å². The summed E-state index contributed by atoms with van der Waals surface area (Å²) in [7, 11) is 0. The summed E-state index contributed by atoms with van der Waals surface area (Å²) in [4.78, 5) is 79.4. The number of aliphatic hydroxyl groups is 7. The summed E-state index contributed by atoms with van der Waals surface area (Å²) in [6, 6.07) is 0. The Morgan fingerprint density at radius 1 is 0.691 bits per heavy atom. The average Bonchev–Trinajstić information content (AvgIpc) is 3.46. The van der Waals surface area contributed by atoms with E-state index < -0.39 is 117 Å². The number of ether oxygens (including phenoxy) is 4. The largest absolute Gasteiger partial charge is 0.394 e. The van der Waals surface area contributed by atoms with E-state index in [4.69, 9.17) is 23.8 Å².